The van der Waals surface area contributed by atoms with E-state index in [4.69, 9.17) is 16.3 Å². The van der Waals surface area contributed by atoms with Gasteiger partial charge >= 0.3 is 6.61 Å². The molecule has 0 saturated heterocycles. The summed E-state index contributed by atoms with van der Waals surface area (Å²) in [6.45, 7) is -2.91. The molecule has 3 fully saturated rings. The minimum Gasteiger partial charge on any atom is -0.480 e. The van der Waals surface area contributed by atoms with E-state index in [0.29, 0.717) is 30.5 Å². The quantitative estimate of drug-likeness (QED) is 0.510. The van der Waals surface area contributed by atoms with Crippen LogP contribution in [-0.2, 0) is 10.3 Å². The molecular weight excluding hydrogens is 501 g/mol. The number of aliphatic hydroxyl groups is 1. The number of ether oxygens (including phenoxy) is 2. The van der Waals surface area contributed by atoms with Gasteiger partial charge in [-0.1, -0.05) is 11.6 Å². The highest BCUT2D eigenvalue weighted by Gasteiger charge is 2.70. The standard InChI is InChI=1S/C24H20ClF3N4O4/c25-15-3-14-18(33)5-20(36-19(14)4-16(15)26)21(34)31-23-9-24(10-23,11-23)32-8-12(6-30-32)17-2-1-13(7-29-17)35-22(27)28/h1-4,6-8,18,20,22,33H,5,9-11H2,(H,31,34)/t18-,20-,23?,24?/m1/s1. The number of nitrogens with zero attached hydrogens (tertiary/aromatic N) is 3. The third-order valence-electron chi connectivity index (χ3n) is 7.13. The lowest BCUT2D eigenvalue weighted by molar-refractivity contribution is -0.165. The molecule has 0 spiro atoms. The number of fused-ring (bicyclic) bond motifs is 1. The number of pyridine rings is 1. The van der Waals surface area contributed by atoms with Crippen LogP contribution >= 0.6 is 11.6 Å². The van der Waals surface area contributed by atoms with Gasteiger partial charge in [0.25, 0.3) is 5.91 Å². The maximum Gasteiger partial charge on any atom is 0.387 e. The smallest absolute Gasteiger partial charge is 0.387 e. The Morgan fingerprint density at radius 2 is 2.06 bits per heavy atom. The van der Waals surface area contributed by atoms with Crippen molar-refractivity contribution in [2.45, 2.75) is 55.6 Å². The molecule has 2 N–H and O–H groups in total. The number of halogens is 4. The first-order valence-corrected chi connectivity index (χ1v) is 11.7. The van der Waals surface area contributed by atoms with E-state index in [1.54, 1.807) is 12.3 Å². The van der Waals surface area contributed by atoms with Crippen LogP contribution in [-0.4, -0.2) is 44.0 Å². The van der Waals surface area contributed by atoms with E-state index in [2.05, 4.69) is 20.1 Å². The number of aliphatic hydroxyl groups excluding tert-OH is 1. The van der Waals surface area contributed by atoms with Crippen molar-refractivity contribution >= 4 is 17.5 Å². The molecule has 1 aliphatic heterocycles. The zero-order valence-electron chi connectivity index (χ0n) is 18.6. The van der Waals surface area contributed by atoms with Gasteiger partial charge in [0.15, 0.2) is 6.10 Å². The minimum absolute atomic E-state index is 0.0230. The molecule has 0 radical (unpaired) electrons. The van der Waals surface area contributed by atoms with Crippen LogP contribution in [0.5, 0.6) is 11.5 Å². The van der Waals surface area contributed by atoms with Crippen molar-refractivity contribution in [2.24, 2.45) is 0 Å². The number of hydrogen-bond donors (Lipinski definition) is 2. The second-order valence-electron chi connectivity index (χ2n) is 9.62. The van der Waals surface area contributed by atoms with Crippen molar-refractivity contribution in [3.05, 3.63) is 59.3 Å². The molecule has 2 aromatic heterocycles. The Morgan fingerprint density at radius 3 is 2.75 bits per heavy atom. The summed E-state index contributed by atoms with van der Waals surface area (Å²) in [5.41, 5.74) is 1.06. The van der Waals surface area contributed by atoms with Gasteiger partial charge in [0.05, 0.1) is 34.8 Å². The molecule has 7 rings (SSSR count). The van der Waals surface area contributed by atoms with E-state index >= 15 is 0 Å². The molecule has 4 aliphatic rings. The Balaban J connectivity index is 1.08. The van der Waals surface area contributed by atoms with Crippen LogP contribution in [0.1, 0.15) is 37.4 Å². The number of aromatic nitrogens is 3. The summed E-state index contributed by atoms with van der Waals surface area (Å²) < 4.78 is 50.3. The monoisotopic (exact) mass is 520 g/mol. The maximum absolute atomic E-state index is 13.8. The first-order chi connectivity index (χ1) is 17.2. The van der Waals surface area contributed by atoms with Gasteiger partial charge in [0.1, 0.15) is 17.3 Å². The summed E-state index contributed by atoms with van der Waals surface area (Å²) in [5.74, 6) is -0.961. The summed E-state index contributed by atoms with van der Waals surface area (Å²) in [6, 6.07) is 5.40. The Bertz CT molecular complexity index is 1330. The fraction of sp³-hybridized carbons (Fsp3) is 0.375. The molecule has 12 heteroatoms. The topological polar surface area (TPSA) is 98.5 Å². The summed E-state index contributed by atoms with van der Waals surface area (Å²) in [6.07, 6.45) is 4.87. The van der Waals surface area contributed by atoms with Gasteiger partial charge in [0, 0.05) is 35.3 Å². The largest absolute Gasteiger partial charge is 0.480 e. The molecule has 2 atom stereocenters. The Hall–Kier alpha value is -3.31. The van der Waals surface area contributed by atoms with Gasteiger partial charge < -0.3 is 19.9 Å². The van der Waals surface area contributed by atoms with Crippen molar-refractivity contribution in [2.75, 3.05) is 0 Å². The number of nitrogens with one attached hydrogen (secondary N) is 1. The lowest BCUT2D eigenvalue weighted by atomic mass is 9.44. The van der Waals surface area contributed by atoms with Crippen LogP contribution in [0.25, 0.3) is 11.3 Å². The summed E-state index contributed by atoms with van der Waals surface area (Å²) in [7, 11) is 0. The number of amides is 1. The lowest BCUT2D eigenvalue weighted by Gasteiger charge is -2.70. The van der Waals surface area contributed by atoms with Crippen LogP contribution < -0.4 is 14.8 Å². The third kappa shape index (κ3) is 3.77. The molecule has 3 saturated carbocycles. The van der Waals surface area contributed by atoms with Crippen molar-refractivity contribution in [3.63, 3.8) is 0 Å². The minimum atomic E-state index is -2.91. The molecule has 2 bridgehead atoms. The van der Waals surface area contributed by atoms with Gasteiger partial charge in [-0.05, 0) is 37.5 Å². The average molecular weight is 521 g/mol. The predicted molar refractivity (Wildman–Crippen MR) is 120 cm³/mol. The Kier molecular flexibility index (Phi) is 5.20. The van der Waals surface area contributed by atoms with E-state index in [0.717, 1.165) is 11.6 Å². The van der Waals surface area contributed by atoms with Gasteiger partial charge in [-0.25, -0.2) is 4.39 Å². The van der Waals surface area contributed by atoms with Gasteiger partial charge in [0.2, 0.25) is 0 Å². The fourth-order valence-electron chi connectivity index (χ4n) is 5.49. The van der Waals surface area contributed by atoms with Gasteiger partial charge in [-0.15, -0.1) is 0 Å². The number of hydrogen-bond acceptors (Lipinski definition) is 6. The molecule has 3 aromatic rings. The number of benzene rings is 1. The van der Waals surface area contributed by atoms with Crippen LogP contribution in [0.15, 0.2) is 42.9 Å². The SMILES string of the molecule is O=C(NC12CC(n3cc(-c4ccc(OC(F)F)cn4)cn3)(C1)C2)[C@H]1C[C@@H](O)c2cc(Cl)c(F)cc2O1. The molecule has 36 heavy (non-hydrogen) atoms. The lowest BCUT2D eigenvalue weighted by Crippen LogP contribution is -2.79. The number of carbonyl (C=O) groups excluding carboxylic acids is 1. The Morgan fingerprint density at radius 1 is 1.28 bits per heavy atom. The molecule has 188 valence electrons. The van der Waals surface area contributed by atoms with E-state index in [-0.39, 0.29) is 39.9 Å². The molecule has 1 aromatic carbocycles. The van der Waals surface area contributed by atoms with Crippen LogP contribution in [0.3, 0.4) is 0 Å². The zero-order valence-corrected chi connectivity index (χ0v) is 19.4. The second-order valence-corrected chi connectivity index (χ2v) is 10.0. The number of alkyl halides is 2. The second kappa shape index (κ2) is 8.10. The molecular formula is C24H20ClF3N4O4. The van der Waals surface area contributed by atoms with Gasteiger partial charge in [-0.3, -0.25) is 14.5 Å². The van der Waals surface area contributed by atoms with Crippen molar-refractivity contribution in [1.29, 1.82) is 0 Å². The molecule has 3 aliphatic carbocycles. The summed E-state index contributed by atoms with van der Waals surface area (Å²) in [5, 5.41) is 17.8. The normalized spacial score (nSPS) is 27.9. The van der Waals surface area contributed by atoms with E-state index < -0.39 is 24.6 Å². The number of rotatable bonds is 6. The fourth-order valence-corrected chi connectivity index (χ4v) is 5.66. The molecule has 1 amide bonds. The first-order valence-electron chi connectivity index (χ1n) is 11.3. The zero-order chi connectivity index (χ0) is 25.2. The third-order valence-corrected chi connectivity index (χ3v) is 7.42. The van der Waals surface area contributed by atoms with Gasteiger partial charge in [-0.2, -0.15) is 13.9 Å². The predicted octanol–water partition coefficient (Wildman–Crippen LogP) is 3.97. The number of carbonyl (C=O) groups is 1. The van der Waals surface area contributed by atoms with Crippen molar-refractivity contribution in [3.8, 4) is 22.8 Å². The molecule has 8 nitrogen and oxygen atoms in total. The van der Waals surface area contributed by atoms with Crippen molar-refractivity contribution < 1.29 is 32.5 Å². The average Bonchev–Trinajstić information content (AvgIpc) is 3.26. The van der Waals surface area contributed by atoms with Crippen LogP contribution in [0.2, 0.25) is 5.02 Å². The summed E-state index contributed by atoms with van der Waals surface area (Å²) in [4.78, 5) is 17.1. The highest BCUT2D eigenvalue weighted by Crippen LogP contribution is 2.65. The first kappa shape index (κ1) is 23.1. The van der Waals surface area contributed by atoms with E-state index in [9.17, 15) is 23.1 Å². The van der Waals surface area contributed by atoms with Crippen LogP contribution in [0.4, 0.5) is 13.2 Å². The maximum atomic E-state index is 13.8. The highest BCUT2D eigenvalue weighted by molar-refractivity contribution is 6.30. The van der Waals surface area contributed by atoms with Crippen LogP contribution in [0, 0.1) is 5.82 Å². The van der Waals surface area contributed by atoms with E-state index in [1.165, 1.54) is 18.3 Å². The highest BCUT2D eigenvalue weighted by atomic mass is 35.5. The van der Waals surface area contributed by atoms with Crippen molar-refractivity contribution in [1.82, 2.24) is 20.1 Å². The molecule has 3 heterocycles. The summed E-state index contributed by atoms with van der Waals surface area (Å²) >= 11 is 5.79. The molecule has 0 unspecified atom stereocenters. The Labute approximate surface area is 208 Å². The van der Waals surface area contributed by atoms with E-state index in [1.807, 2.05) is 10.9 Å².